The Morgan fingerprint density at radius 1 is 1.23 bits per heavy atom. The third kappa shape index (κ3) is 2.37. The zero-order valence-corrected chi connectivity index (χ0v) is 16.3. The molecule has 0 radical (unpaired) electrons. The molecule has 26 heavy (non-hydrogen) atoms. The lowest BCUT2D eigenvalue weighted by Gasteiger charge is -2.33. The molecule has 1 aliphatic rings. The van der Waals surface area contributed by atoms with Crippen LogP contribution in [0.5, 0.6) is 0 Å². The highest BCUT2D eigenvalue weighted by Gasteiger charge is 2.31. The van der Waals surface area contributed by atoms with E-state index < -0.39 is 0 Å². The zero-order chi connectivity index (χ0) is 18.1. The minimum absolute atomic E-state index is 0.345. The first kappa shape index (κ1) is 15.9. The van der Waals surface area contributed by atoms with Gasteiger partial charge in [-0.05, 0) is 42.2 Å². The van der Waals surface area contributed by atoms with Gasteiger partial charge in [-0.1, -0.05) is 20.8 Å². The smallest absolute Gasteiger partial charge is 0.202 e. The van der Waals surface area contributed by atoms with Crippen LogP contribution in [0, 0.1) is 11.3 Å². The Morgan fingerprint density at radius 2 is 2.08 bits per heavy atom. The summed E-state index contributed by atoms with van der Waals surface area (Å²) in [7, 11) is 1.90. The van der Waals surface area contributed by atoms with Crippen molar-refractivity contribution in [2.75, 3.05) is 0 Å². The van der Waals surface area contributed by atoms with E-state index in [0.29, 0.717) is 11.2 Å². The number of fused-ring (bicyclic) bond motifs is 5. The maximum Gasteiger partial charge on any atom is 0.202 e. The Bertz CT molecular complexity index is 1130. The highest BCUT2D eigenvalue weighted by atomic mass is 32.1. The summed E-state index contributed by atoms with van der Waals surface area (Å²) >= 11 is 1.83. The first-order valence-electron chi connectivity index (χ1n) is 9.06. The SMILES string of the molecule is Cn1ccc(-c2nc3c4c5c(sc4ncn3n2)C[C@@H](C(C)(C)C)CC5)n1. The molecule has 1 atom stereocenters. The van der Waals surface area contributed by atoms with Crippen LogP contribution in [-0.2, 0) is 19.9 Å². The average molecular weight is 366 g/mol. The Balaban J connectivity index is 1.67. The van der Waals surface area contributed by atoms with Crippen LogP contribution in [0.2, 0.25) is 0 Å². The minimum atomic E-state index is 0.345. The molecule has 0 N–H and O–H groups in total. The van der Waals surface area contributed by atoms with Crippen LogP contribution < -0.4 is 0 Å². The molecule has 1 aliphatic carbocycles. The van der Waals surface area contributed by atoms with Crippen molar-refractivity contribution in [3.63, 3.8) is 0 Å². The predicted molar refractivity (Wildman–Crippen MR) is 103 cm³/mol. The number of thiophene rings is 1. The van der Waals surface area contributed by atoms with Crippen LogP contribution in [0.25, 0.3) is 27.4 Å². The molecule has 6 nitrogen and oxygen atoms in total. The number of aromatic nitrogens is 6. The summed E-state index contributed by atoms with van der Waals surface area (Å²) in [5.41, 5.74) is 3.48. The molecule has 0 spiro atoms. The third-order valence-corrected chi connectivity index (χ3v) is 6.72. The molecule has 0 bridgehead atoms. The molecular formula is C19H22N6S. The second-order valence-corrected chi connectivity index (χ2v) is 9.40. The summed E-state index contributed by atoms with van der Waals surface area (Å²) in [4.78, 5) is 12.0. The van der Waals surface area contributed by atoms with E-state index in [1.165, 1.54) is 22.2 Å². The van der Waals surface area contributed by atoms with E-state index in [9.17, 15) is 0 Å². The second kappa shape index (κ2) is 5.36. The van der Waals surface area contributed by atoms with Crippen LogP contribution in [-0.4, -0.2) is 29.4 Å². The van der Waals surface area contributed by atoms with E-state index in [0.717, 1.165) is 34.9 Å². The van der Waals surface area contributed by atoms with Gasteiger partial charge in [0.1, 0.15) is 16.9 Å². The number of nitrogens with zero attached hydrogens (tertiary/aromatic N) is 6. The molecule has 0 saturated carbocycles. The van der Waals surface area contributed by atoms with Gasteiger partial charge in [0, 0.05) is 18.1 Å². The Kier molecular flexibility index (Phi) is 3.28. The van der Waals surface area contributed by atoms with Crippen LogP contribution >= 0.6 is 11.3 Å². The third-order valence-electron chi connectivity index (χ3n) is 5.55. The first-order valence-corrected chi connectivity index (χ1v) is 9.87. The summed E-state index contributed by atoms with van der Waals surface area (Å²) in [6, 6.07) is 1.94. The van der Waals surface area contributed by atoms with Gasteiger partial charge < -0.3 is 0 Å². The Labute approximate surface area is 155 Å². The fraction of sp³-hybridized carbons (Fsp3) is 0.474. The van der Waals surface area contributed by atoms with Crippen molar-refractivity contribution in [3.8, 4) is 11.5 Å². The van der Waals surface area contributed by atoms with Crippen molar-refractivity contribution in [1.29, 1.82) is 0 Å². The monoisotopic (exact) mass is 366 g/mol. The van der Waals surface area contributed by atoms with Crippen molar-refractivity contribution >= 4 is 27.2 Å². The molecule has 0 amide bonds. The normalized spacial score (nSPS) is 17.9. The summed E-state index contributed by atoms with van der Waals surface area (Å²) in [6.07, 6.45) is 7.16. The number of rotatable bonds is 1. The van der Waals surface area contributed by atoms with E-state index in [1.54, 1.807) is 15.5 Å². The molecule has 4 aromatic rings. The van der Waals surface area contributed by atoms with Gasteiger partial charge in [0.2, 0.25) is 5.82 Å². The second-order valence-electron chi connectivity index (χ2n) is 8.31. The van der Waals surface area contributed by atoms with E-state index in [1.807, 2.05) is 30.6 Å². The van der Waals surface area contributed by atoms with Crippen LogP contribution in [0.3, 0.4) is 0 Å². The van der Waals surface area contributed by atoms with Gasteiger partial charge in [-0.15, -0.1) is 16.4 Å². The minimum Gasteiger partial charge on any atom is -0.275 e. The quantitative estimate of drug-likeness (QED) is 0.513. The molecule has 0 fully saturated rings. The average Bonchev–Trinajstić information content (AvgIpc) is 3.27. The molecule has 0 unspecified atom stereocenters. The summed E-state index contributed by atoms with van der Waals surface area (Å²) in [6.45, 7) is 7.05. The standard InChI is InChI=1S/C19H22N6S/c1-19(2,3)11-5-6-12-14(9-11)26-18-15(12)17-21-16(23-25(17)10-20-18)13-7-8-24(4)22-13/h7-8,10-11H,5-6,9H2,1-4H3/t11-/m0/s1. The van der Waals surface area contributed by atoms with Gasteiger partial charge in [-0.3, -0.25) is 4.68 Å². The highest BCUT2D eigenvalue weighted by molar-refractivity contribution is 7.19. The molecule has 0 saturated heterocycles. The lowest BCUT2D eigenvalue weighted by atomic mass is 9.72. The van der Waals surface area contributed by atoms with Crippen molar-refractivity contribution in [2.24, 2.45) is 18.4 Å². The predicted octanol–water partition coefficient (Wildman–Crippen LogP) is 3.89. The lowest BCUT2D eigenvalue weighted by Crippen LogP contribution is -2.26. The Morgan fingerprint density at radius 3 is 2.81 bits per heavy atom. The van der Waals surface area contributed by atoms with Crippen molar-refractivity contribution < 1.29 is 0 Å². The highest BCUT2D eigenvalue weighted by Crippen LogP contribution is 2.43. The maximum atomic E-state index is 4.82. The topological polar surface area (TPSA) is 60.9 Å². The van der Waals surface area contributed by atoms with Crippen LogP contribution in [0.4, 0.5) is 0 Å². The van der Waals surface area contributed by atoms with Gasteiger partial charge in [0.15, 0.2) is 5.65 Å². The van der Waals surface area contributed by atoms with Gasteiger partial charge in [-0.2, -0.15) is 5.10 Å². The Hall–Kier alpha value is -2.28. The van der Waals surface area contributed by atoms with E-state index >= 15 is 0 Å². The van der Waals surface area contributed by atoms with Crippen molar-refractivity contribution in [2.45, 2.75) is 40.0 Å². The summed E-state index contributed by atoms with van der Waals surface area (Å²) in [5.74, 6) is 1.38. The number of aryl methyl sites for hydroxylation is 2. The molecular weight excluding hydrogens is 344 g/mol. The fourth-order valence-electron chi connectivity index (χ4n) is 3.96. The molecule has 4 heterocycles. The van der Waals surface area contributed by atoms with Crippen molar-refractivity contribution in [1.82, 2.24) is 29.4 Å². The first-order chi connectivity index (χ1) is 12.4. The van der Waals surface area contributed by atoms with Crippen LogP contribution in [0.1, 0.15) is 37.6 Å². The largest absolute Gasteiger partial charge is 0.275 e. The number of hydrogen-bond donors (Lipinski definition) is 0. The zero-order valence-electron chi connectivity index (χ0n) is 15.5. The summed E-state index contributed by atoms with van der Waals surface area (Å²) < 4.78 is 3.57. The molecule has 5 rings (SSSR count). The van der Waals surface area contributed by atoms with Gasteiger partial charge in [0.25, 0.3) is 0 Å². The van der Waals surface area contributed by atoms with Gasteiger partial charge in [0.05, 0.1) is 5.39 Å². The van der Waals surface area contributed by atoms with Gasteiger partial charge in [-0.25, -0.2) is 14.5 Å². The molecule has 134 valence electrons. The molecule has 0 aliphatic heterocycles. The molecule has 7 heteroatoms. The van der Waals surface area contributed by atoms with E-state index in [2.05, 4.69) is 36.0 Å². The van der Waals surface area contributed by atoms with Crippen molar-refractivity contribution in [3.05, 3.63) is 29.0 Å². The summed E-state index contributed by atoms with van der Waals surface area (Å²) in [5, 5.41) is 10.2. The van der Waals surface area contributed by atoms with Crippen LogP contribution in [0.15, 0.2) is 18.6 Å². The van der Waals surface area contributed by atoms with Gasteiger partial charge >= 0.3 is 0 Å². The molecule has 0 aromatic carbocycles. The number of hydrogen-bond acceptors (Lipinski definition) is 5. The van der Waals surface area contributed by atoms with E-state index in [-0.39, 0.29) is 0 Å². The maximum absolute atomic E-state index is 4.82. The lowest BCUT2D eigenvalue weighted by molar-refractivity contribution is 0.218. The molecule has 4 aromatic heterocycles. The van der Waals surface area contributed by atoms with E-state index in [4.69, 9.17) is 4.98 Å². The fourth-order valence-corrected chi connectivity index (χ4v) is 5.22.